The number of carbonyl (C=O) groups is 2. The van der Waals surface area contributed by atoms with E-state index < -0.39 is 17.7 Å². The van der Waals surface area contributed by atoms with Crippen molar-refractivity contribution in [1.29, 1.82) is 0 Å². The number of carbonyl (C=O) groups excluding carboxylic acids is 2. The van der Waals surface area contributed by atoms with Crippen molar-refractivity contribution in [3.63, 3.8) is 0 Å². The average molecular weight is 449 g/mol. The second kappa shape index (κ2) is 8.85. The third-order valence-corrected chi connectivity index (χ3v) is 5.28. The third kappa shape index (κ3) is 4.09. The van der Waals surface area contributed by atoms with Crippen LogP contribution in [0.25, 0.3) is 5.76 Å². The predicted molar refractivity (Wildman–Crippen MR) is 123 cm³/mol. The predicted octanol–water partition coefficient (Wildman–Crippen LogP) is 5.15. The Morgan fingerprint density at radius 3 is 2.31 bits per heavy atom. The van der Waals surface area contributed by atoms with Gasteiger partial charge >= 0.3 is 5.91 Å². The number of Topliss-reactive ketones (excluding diaryl/α,β-unsaturated/α-hetero) is 1. The topological polar surface area (TPSA) is 79.7 Å². The summed E-state index contributed by atoms with van der Waals surface area (Å²) in [6.07, 6.45) is 1.55. The highest BCUT2D eigenvalue weighted by molar-refractivity contribution is 6.51. The maximum absolute atomic E-state index is 13.1. The Morgan fingerprint density at radius 2 is 1.72 bits per heavy atom. The van der Waals surface area contributed by atoms with Gasteiger partial charge < -0.3 is 9.84 Å². The van der Waals surface area contributed by atoms with Gasteiger partial charge in [-0.2, -0.15) is 0 Å². The number of pyridine rings is 1. The molecule has 2 heterocycles. The summed E-state index contributed by atoms with van der Waals surface area (Å²) in [6, 6.07) is 17.8. The highest BCUT2D eigenvalue weighted by atomic mass is 35.5. The Morgan fingerprint density at radius 1 is 1.03 bits per heavy atom. The lowest BCUT2D eigenvalue weighted by molar-refractivity contribution is -0.132. The zero-order chi connectivity index (χ0) is 22.8. The third-order valence-electron chi connectivity index (χ3n) is 5.03. The summed E-state index contributed by atoms with van der Waals surface area (Å²) in [4.78, 5) is 31.7. The molecule has 6 nitrogen and oxygen atoms in total. The van der Waals surface area contributed by atoms with Gasteiger partial charge in [-0.05, 0) is 67.9 Å². The van der Waals surface area contributed by atoms with Crippen LogP contribution >= 0.6 is 11.6 Å². The molecule has 1 saturated heterocycles. The molecular formula is C25H21ClN2O4. The van der Waals surface area contributed by atoms with Crippen molar-refractivity contribution >= 4 is 34.9 Å². The van der Waals surface area contributed by atoms with Crippen molar-refractivity contribution in [1.82, 2.24) is 4.98 Å². The van der Waals surface area contributed by atoms with Crippen molar-refractivity contribution in [3.05, 3.63) is 94.6 Å². The number of hydrogen-bond acceptors (Lipinski definition) is 5. The minimum absolute atomic E-state index is 0.00282. The molecule has 2 aromatic carbocycles. The van der Waals surface area contributed by atoms with E-state index in [-0.39, 0.29) is 17.4 Å². The van der Waals surface area contributed by atoms with E-state index in [0.717, 1.165) is 0 Å². The zero-order valence-corrected chi connectivity index (χ0v) is 18.3. The van der Waals surface area contributed by atoms with E-state index >= 15 is 0 Å². The lowest BCUT2D eigenvalue weighted by Crippen LogP contribution is -2.30. The second-order valence-corrected chi connectivity index (χ2v) is 8.04. The molecule has 162 valence electrons. The van der Waals surface area contributed by atoms with Crippen LogP contribution in [0.15, 0.2) is 78.5 Å². The van der Waals surface area contributed by atoms with E-state index in [4.69, 9.17) is 16.3 Å². The highest BCUT2D eigenvalue weighted by Crippen LogP contribution is 2.41. The monoisotopic (exact) mass is 448 g/mol. The Balaban J connectivity index is 1.85. The number of aliphatic hydroxyl groups excluding tert-OH is 1. The molecule has 1 N–H and O–H groups in total. The summed E-state index contributed by atoms with van der Waals surface area (Å²) in [5.74, 6) is -0.854. The first-order chi connectivity index (χ1) is 15.4. The summed E-state index contributed by atoms with van der Waals surface area (Å²) < 4.78 is 5.64. The van der Waals surface area contributed by atoms with Gasteiger partial charge in [-0.3, -0.25) is 14.5 Å². The smallest absolute Gasteiger partial charge is 0.301 e. The molecule has 1 aromatic heterocycles. The first-order valence-corrected chi connectivity index (χ1v) is 10.5. The summed E-state index contributed by atoms with van der Waals surface area (Å²) in [6.45, 7) is 3.83. The van der Waals surface area contributed by atoms with E-state index in [9.17, 15) is 14.7 Å². The van der Waals surface area contributed by atoms with Gasteiger partial charge in [0.15, 0.2) is 0 Å². The maximum atomic E-state index is 13.1. The molecule has 0 spiro atoms. The molecule has 0 aliphatic carbocycles. The second-order valence-electron chi connectivity index (χ2n) is 7.60. The summed E-state index contributed by atoms with van der Waals surface area (Å²) in [5.41, 5.74) is 1.01. The van der Waals surface area contributed by atoms with Crippen molar-refractivity contribution in [2.75, 3.05) is 4.90 Å². The standard InChI is InChI=1S/C25H21ClN2O4/c1-15(2)32-19-12-8-17(9-13-19)23(29)21-22(16-6-10-18(26)11-7-16)28(25(31)24(21)30)20-5-3-4-14-27-20/h3-15,22,29H,1-2H3/b23-21+/t22-/m1/s1. The molecule has 4 rings (SSSR count). The molecule has 0 bridgehead atoms. The number of rotatable bonds is 5. The van der Waals surface area contributed by atoms with E-state index in [0.29, 0.717) is 27.7 Å². The van der Waals surface area contributed by atoms with Crippen molar-refractivity contribution in [2.45, 2.75) is 26.0 Å². The highest BCUT2D eigenvalue weighted by Gasteiger charge is 2.47. The minimum Gasteiger partial charge on any atom is -0.507 e. The number of hydrogen-bond donors (Lipinski definition) is 1. The number of ether oxygens (including phenoxy) is 1. The fraction of sp³-hybridized carbons (Fsp3) is 0.160. The first-order valence-electron chi connectivity index (χ1n) is 10.1. The number of ketones is 1. The Labute approximate surface area is 190 Å². The van der Waals surface area contributed by atoms with Gasteiger partial charge in [-0.1, -0.05) is 29.8 Å². The number of amides is 1. The molecule has 0 radical (unpaired) electrons. The van der Waals surface area contributed by atoms with Crippen LogP contribution in [0, 0.1) is 0 Å². The summed E-state index contributed by atoms with van der Waals surface area (Å²) >= 11 is 6.04. The maximum Gasteiger partial charge on any atom is 0.301 e. The van der Waals surface area contributed by atoms with E-state index in [1.807, 2.05) is 13.8 Å². The largest absolute Gasteiger partial charge is 0.507 e. The molecule has 0 saturated carbocycles. The molecule has 0 unspecified atom stereocenters. The summed E-state index contributed by atoms with van der Waals surface area (Å²) in [5, 5.41) is 11.6. The van der Waals surface area contributed by atoms with Gasteiger partial charge in [0, 0.05) is 16.8 Å². The van der Waals surface area contributed by atoms with Gasteiger partial charge in [0.25, 0.3) is 5.78 Å². The van der Waals surface area contributed by atoms with E-state index in [1.165, 1.54) is 4.90 Å². The van der Waals surface area contributed by atoms with Gasteiger partial charge in [-0.25, -0.2) is 4.98 Å². The molecule has 32 heavy (non-hydrogen) atoms. The van der Waals surface area contributed by atoms with Crippen LogP contribution in [0.3, 0.4) is 0 Å². The average Bonchev–Trinajstić information content (AvgIpc) is 3.05. The molecule has 3 aromatic rings. The normalized spacial score (nSPS) is 17.8. The zero-order valence-electron chi connectivity index (χ0n) is 17.5. The van der Waals surface area contributed by atoms with Crippen molar-refractivity contribution in [3.8, 4) is 5.75 Å². The minimum atomic E-state index is -0.853. The lowest BCUT2D eigenvalue weighted by atomic mass is 9.95. The molecule has 1 fully saturated rings. The van der Waals surface area contributed by atoms with Crippen molar-refractivity contribution < 1.29 is 19.4 Å². The fourth-order valence-corrected chi connectivity index (χ4v) is 3.77. The quantitative estimate of drug-likeness (QED) is 0.332. The van der Waals surface area contributed by atoms with Gasteiger partial charge in [0.1, 0.15) is 17.3 Å². The fourth-order valence-electron chi connectivity index (χ4n) is 3.64. The van der Waals surface area contributed by atoms with Crippen LogP contribution in [0.2, 0.25) is 5.02 Å². The van der Waals surface area contributed by atoms with Crippen LogP contribution in [0.5, 0.6) is 5.75 Å². The number of nitrogens with zero attached hydrogens (tertiary/aromatic N) is 2. The molecule has 1 atom stereocenters. The van der Waals surface area contributed by atoms with Crippen molar-refractivity contribution in [2.24, 2.45) is 0 Å². The van der Waals surface area contributed by atoms with E-state index in [1.54, 1.807) is 72.9 Å². The molecule has 1 aliphatic rings. The van der Waals surface area contributed by atoms with Crippen LogP contribution in [-0.2, 0) is 9.59 Å². The van der Waals surface area contributed by atoms with Crippen LogP contribution < -0.4 is 9.64 Å². The van der Waals surface area contributed by atoms with Gasteiger partial charge in [0.05, 0.1) is 17.7 Å². The Bertz CT molecular complexity index is 1170. The molecular weight excluding hydrogens is 428 g/mol. The number of anilines is 1. The number of benzene rings is 2. The first kappa shape index (κ1) is 21.6. The number of aliphatic hydroxyl groups is 1. The Kier molecular flexibility index (Phi) is 5.97. The lowest BCUT2D eigenvalue weighted by Gasteiger charge is -2.24. The molecule has 7 heteroatoms. The number of aromatic nitrogens is 1. The molecule has 1 amide bonds. The van der Waals surface area contributed by atoms with E-state index in [2.05, 4.69) is 4.98 Å². The van der Waals surface area contributed by atoms with Gasteiger partial charge in [-0.15, -0.1) is 0 Å². The Hall–Kier alpha value is -3.64. The summed E-state index contributed by atoms with van der Waals surface area (Å²) in [7, 11) is 0. The van der Waals surface area contributed by atoms with Gasteiger partial charge in [0.2, 0.25) is 0 Å². The SMILES string of the molecule is CC(C)Oc1ccc(/C(O)=C2\C(=O)C(=O)N(c3ccccn3)[C@@H]2c2ccc(Cl)cc2)cc1. The van der Waals surface area contributed by atoms with Crippen LogP contribution in [0.4, 0.5) is 5.82 Å². The number of halogens is 1. The van der Waals surface area contributed by atoms with Crippen LogP contribution in [-0.4, -0.2) is 27.9 Å². The van der Waals surface area contributed by atoms with Crippen LogP contribution in [0.1, 0.15) is 31.0 Å². The molecule has 1 aliphatic heterocycles.